The fraction of sp³-hybridized carbons (Fsp3) is 0.174. The smallest absolute Gasteiger partial charge is 0.264 e. The van der Waals surface area contributed by atoms with Gasteiger partial charge in [-0.3, -0.25) is 9.36 Å². The first kappa shape index (κ1) is 19.8. The summed E-state index contributed by atoms with van der Waals surface area (Å²) in [5, 5.41) is 8.65. The van der Waals surface area contributed by atoms with Gasteiger partial charge < -0.3 is 4.52 Å². The molecule has 3 heterocycles. The summed E-state index contributed by atoms with van der Waals surface area (Å²) >= 11 is 0. The number of hydrogen-bond acceptors (Lipinski definition) is 6. The predicted octanol–water partition coefficient (Wildman–Crippen LogP) is 3.94. The summed E-state index contributed by atoms with van der Waals surface area (Å²) in [6, 6.07) is 13.8. The molecule has 0 atom stereocenters. The predicted molar refractivity (Wildman–Crippen MR) is 116 cm³/mol. The van der Waals surface area contributed by atoms with Crippen LogP contribution < -0.4 is 5.56 Å². The van der Waals surface area contributed by atoms with Crippen molar-refractivity contribution in [2.75, 3.05) is 0 Å². The second-order valence-electron chi connectivity index (χ2n) is 7.74. The van der Waals surface area contributed by atoms with E-state index >= 15 is 0 Å². The zero-order valence-corrected chi connectivity index (χ0v) is 17.4. The monoisotopic (exact) mass is 430 g/mol. The molecular formula is C23H19FN6O2. The molecule has 0 unspecified atom stereocenters. The van der Waals surface area contributed by atoms with Crippen LogP contribution in [0.25, 0.3) is 28.1 Å². The van der Waals surface area contributed by atoms with E-state index in [1.165, 1.54) is 34.8 Å². The van der Waals surface area contributed by atoms with Crippen LogP contribution in [0.2, 0.25) is 0 Å². The molecule has 9 heteroatoms. The minimum Gasteiger partial charge on any atom is -0.337 e. The van der Waals surface area contributed by atoms with E-state index in [1.807, 2.05) is 24.3 Å². The molecule has 0 N–H and O–H groups in total. The van der Waals surface area contributed by atoms with Gasteiger partial charge in [-0.1, -0.05) is 31.1 Å². The number of aromatic nitrogens is 6. The van der Waals surface area contributed by atoms with Gasteiger partial charge in [0.05, 0.1) is 11.9 Å². The Bertz CT molecular complexity index is 1450. The quantitative estimate of drug-likeness (QED) is 0.419. The van der Waals surface area contributed by atoms with Crippen LogP contribution in [0.1, 0.15) is 31.2 Å². The SMILES string of the molecule is CC(C)c1ccc(-n2ncc3c(=O)n(Cc4nc(-c5ccc(F)cc5)no4)cnc32)cc1. The van der Waals surface area contributed by atoms with Crippen LogP contribution in [0.5, 0.6) is 0 Å². The topological polar surface area (TPSA) is 91.6 Å². The van der Waals surface area contributed by atoms with E-state index in [2.05, 4.69) is 34.1 Å². The summed E-state index contributed by atoms with van der Waals surface area (Å²) in [5.41, 5.74) is 2.88. The average molecular weight is 430 g/mol. The molecule has 0 saturated heterocycles. The lowest BCUT2D eigenvalue weighted by Gasteiger charge is -2.08. The Labute approximate surface area is 182 Å². The number of halogens is 1. The van der Waals surface area contributed by atoms with Crippen molar-refractivity contribution in [2.45, 2.75) is 26.3 Å². The third kappa shape index (κ3) is 3.58. The van der Waals surface area contributed by atoms with Crippen LogP contribution in [-0.2, 0) is 6.54 Å². The largest absolute Gasteiger partial charge is 0.337 e. The van der Waals surface area contributed by atoms with Crippen LogP contribution in [0, 0.1) is 5.82 Å². The van der Waals surface area contributed by atoms with Crippen molar-refractivity contribution in [1.82, 2.24) is 29.5 Å². The van der Waals surface area contributed by atoms with Crippen molar-refractivity contribution in [2.24, 2.45) is 0 Å². The standard InChI is InChI=1S/C23H19FN6O2/c1-14(2)15-5-9-18(10-6-15)30-22-19(11-26-30)23(31)29(13-25-22)12-20-27-21(28-32-20)16-3-7-17(24)8-4-16/h3-11,13-14H,12H2,1-2H3. The molecule has 8 nitrogen and oxygen atoms in total. The van der Waals surface area contributed by atoms with Gasteiger partial charge >= 0.3 is 0 Å². The Hall–Kier alpha value is -4.14. The summed E-state index contributed by atoms with van der Waals surface area (Å²) < 4.78 is 21.4. The summed E-state index contributed by atoms with van der Waals surface area (Å²) in [6.45, 7) is 4.33. The minimum atomic E-state index is -0.347. The summed E-state index contributed by atoms with van der Waals surface area (Å²) in [5.74, 6) is 0.640. The fourth-order valence-corrected chi connectivity index (χ4v) is 3.43. The van der Waals surface area contributed by atoms with Crippen molar-refractivity contribution < 1.29 is 8.91 Å². The third-order valence-electron chi connectivity index (χ3n) is 5.23. The van der Waals surface area contributed by atoms with Gasteiger partial charge in [0, 0.05) is 5.56 Å². The Morgan fingerprint density at radius 2 is 1.81 bits per heavy atom. The first-order valence-electron chi connectivity index (χ1n) is 10.1. The minimum absolute atomic E-state index is 0.0598. The number of nitrogens with zero attached hydrogens (tertiary/aromatic N) is 6. The Morgan fingerprint density at radius 3 is 2.53 bits per heavy atom. The highest BCUT2D eigenvalue weighted by Crippen LogP contribution is 2.19. The van der Waals surface area contributed by atoms with Crippen molar-refractivity contribution >= 4 is 11.0 Å². The normalized spacial score (nSPS) is 11.5. The highest BCUT2D eigenvalue weighted by molar-refractivity contribution is 5.75. The molecule has 0 saturated carbocycles. The molecule has 160 valence electrons. The fourth-order valence-electron chi connectivity index (χ4n) is 3.43. The van der Waals surface area contributed by atoms with Crippen molar-refractivity contribution in [3.05, 3.63) is 88.7 Å². The van der Waals surface area contributed by atoms with Crippen LogP contribution >= 0.6 is 0 Å². The van der Waals surface area contributed by atoms with E-state index in [9.17, 15) is 9.18 Å². The van der Waals surface area contributed by atoms with Gasteiger partial charge in [0.15, 0.2) is 5.65 Å². The molecule has 0 radical (unpaired) electrons. The van der Waals surface area contributed by atoms with Crippen molar-refractivity contribution in [3.8, 4) is 17.1 Å². The molecule has 32 heavy (non-hydrogen) atoms. The van der Waals surface area contributed by atoms with E-state index in [4.69, 9.17) is 4.52 Å². The number of benzene rings is 2. The lowest BCUT2D eigenvalue weighted by atomic mass is 10.0. The van der Waals surface area contributed by atoms with Gasteiger partial charge in [-0.15, -0.1) is 0 Å². The van der Waals surface area contributed by atoms with Gasteiger partial charge in [-0.05, 0) is 47.9 Å². The van der Waals surface area contributed by atoms with E-state index in [0.29, 0.717) is 28.3 Å². The maximum absolute atomic E-state index is 13.1. The van der Waals surface area contributed by atoms with Crippen LogP contribution in [0.4, 0.5) is 4.39 Å². The van der Waals surface area contributed by atoms with Gasteiger partial charge in [-0.2, -0.15) is 10.1 Å². The van der Waals surface area contributed by atoms with E-state index < -0.39 is 0 Å². The molecule has 3 aromatic heterocycles. The molecule has 0 aliphatic rings. The molecule has 5 rings (SSSR count). The van der Waals surface area contributed by atoms with Crippen LogP contribution in [-0.4, -0.2) is 29.5 Å². The molecular weight excluding hydrogens is 411 g/mol. The lowest BCUT2D eigenvalue weighted by Crippen LogP contribution is -2.21. The van der Waals surface area contributed by atoms with E-state index in [1.54, 1.807) is 16.8 Å². The van der Waals surface area contributed by atoms with E-state index in [0.717, 1.165) is 5.69 Å². The summed E-state index contributed by atoms with van der Waals surface area (Å²) in [7, 11) is 0. The second-order valence-corrected chi connectivity index (χ2v) is 7.74. The first-order chi connectivity index (χ1) is 15.5. The highest BCUT2D eigenvalue weighted by atomic mass is 19.1. The summed E-state index contributed by atoms with van der Waals surface area (Å²) in [6.07, 6.45) is 2.95. The van der Waals surface area contributed by atoms with Crippen molar-refractivity contribution in [1.29, 1.82) is 0 Å². The molecule has 0 bridgehead atoms. The first-order valence-corrected chi connectivity index (χ1v) is 10.1. The number of fused-ring (bicyclic) bond motifs is 1. The van der Waals surface area contributed by atoms with Gasteiger partial charge in [-0.25, -0.2) is 14.1 Å². The van der Waals surface area contributed by atoms with Crippen molar-refractivity contribution in [3.63, 3.8) is 0 Å². The Morgan fingerprint density at radius 1 is 1.06 bits per heavy atom. The van der Waals surface area contributed by atoms with Gasteiger partial charge in [0.25, 0.3) is 5.56 Å². The zero-order chi connectivity index (χ0) is 22.2. The Kier molecular flexibility index (Phi) is 4.85. The maximum Gasteiger partial charge on any atom is 0.264 e. The molecule has 0 amide bonds. The number of rotatable bonds is 5. The molecule has 2 aromatic carbocycles. The molecule has 0 spiro atoms. The van der Waals surface area contributed by atoms with Gasteiger partial charge in [0.1, 0.15) is 24.1 Å². The number of hydrogen-bond donors (Lipinski definition) is 0. The Balaban J connectivity index is 1.43. The second kappa shape index (κ2) is 7.84. The zero-order valence-electron chi connectivity index (χ0n) is 17.4. The third-order valence-corrected chi connectivity index (χ3v) is 5.23. The molecule has 0 fully saturated rings. The van der Waals surface area contributed by atoms with E-state index in [-0.39, 0.29) is 23.8 Å². The lowest BCUT2D eigenvalue weighted by molar-refractivity contribution is 0.369. The molecule has 5 aromatic rings. The maximum atomic E-state index is 13.1. The average Bonchev–Trinajstić information content (AvgIpc) is 3.44. The van der Waals surface area contributed by atoms with Crippen LogP contribution in [0.15, 0.2) is 70.4 Å². The van der Waals surface area contributed by atoms with Crippen LogP contribution in [0.3, 0.4) is 0 Å². The van der Waals surface area contributed by atoms with Gasteiger partial charge in [0.2, 0.25) is 11.7 Å². The highest BCUT2D eigenvalue weighted by Gasteiger charge is 2.15. The summed E-state index contributed by atoms with van der Waals surface area (Å²) in [4.78, 5) is 21.7. The molecule has 0 aliphatic carbocycles. The molecule has 0 aliphatic heterocycles.